The Balaban J connectivity index is 0.00000169. The largest absolute Gasteiger partial charge is 0.324 e. The Bertz CT molecular complexity index is 274. The van der Waals surface area contributed by atoms with Gasteiger partial charge in [-0.05, 0) is 25.0 Å². The summed E-state index contributed by atoms with van der Waals surface area (Å²) in [5.41, 5.74) is 7.11. The van der Waals surface area contributed by atoms with E-state index in [1.807, 2.05) is 0 Å². The molecule has 0 fully saturated rings. The van der Waals surface area contributed by atoms with E-state index in [2.05, 4.69) is 0 Å². The summed E-state index contributed by atoms with van der Waals surface area (Å²) in [5, 5.41) is 0. The molecule has 1 aromatic carbocycles. The maximum atomic E-state index is 12.4. The Morgan fingerprint density at radius 1 is 1.21 bits per heavy atom. The fourth-order valence-electron chi connectivity index (χ4n) is 1.40. The molecule has 4 heteroatoms. The number of hydrogen-bond donors (Lipinski definition) is 1. The van der Waals surface area contributed by atoms with Crippen molar-refractivity contribution in [3.05, 3.63) is 34.9 Å². The van der Waals surface area contributed by atoms with E-state index < -0.39 is 6.43 Å². The average molecular weight is 222 g/mol. The maximum absolute atomic E-state index is 12.4. The van der Waals surface area contributed by atoms with Crippen molar-refractivity contribution in [3.8, 4) is 0 Å². The molecular formula is C10H14ClF2N. The first-order chi connectivity index (χ1) is 6.04. The highest BCUT2D eigenvalue weighted by molar-refractivity contribution is 5.85. The van der Waals surface area contributed by atoms with E-state index in [1.165, 1.54) is 6.07 Å². The second-order valence-corrected chi connectivity index (χ2v) is 3.15. The van der Waals surface area contributed by atoms with Crippen molar-refractivity contribution in [1.29, 1.82) is 0 Å². The zero-order chi connectivity index (χ0) is 10.0. The minimum Gasteiger partial charge on any atom is -0.324 e. The number of halogens is 3. The Hall–Kier alpha value is -0.670. The lowest BCUT2D eigenvalue weighted by Crippen LogP contribution is -2.08. The lowest BCUT2D eigenvalue weighted by Gasteiger charge is -2.13. The van der Waals surface area contributed by atoms with Gasteiger partial charge in [0.25, 0.3) is 6.43 Å². The van der Waals surface area contributed by atoms with Crippen molar-refractivity contribution < 1.29 is 8.78 Å². The predicted molar refractivity (Wildman–Crippen MR) is 56.0 cm³/mol. The number of alkyl halides is 2. The number of hydrogen-bond acceptors (Lipinski definition) is 1. The van der Waals surface area contributed by atoms with Gasteiger partial charge in [-0.2, -0.15) is 0 Å². The predicted octanol–water partition coefficient (Wildman–Crippen LogP) is 3.37. The van der Waals surface area contributed by atoms with Crippen LogP contribution in [-0.4, -0.2) is 0 Å². The molecule has 0 spiro atoms. The van der Waals surface area contributed by atoms with E-state index in [-0.39, 0.29) is 24.0 Å². The first kappa shape index (κ1) is 13.3. The summed E-state index contributed by atoms with van der Waals surface area (Å²) in [6.45, 7) is 3.47. The number of rotatable bonds is 2. The molecule has 80 valence electrons. The minimum absolute atomic E-state index is 0. The van der Waals surface area contributed by atoms with Crippen LogP contribution in [0.1, 0.15) is 36.1 Å². The van der Waals surface area contributed by atoms with E-state index in [9.17, 15) is 8.78 Å². The molecule has 1 nitrogen and oxygen atoms in total. The molecule has 0 bridgehead atoms. The summed E-state index contributed by atoms with van der Waals surface area (Å²) in [5.74, 6) is 0. The molecule has 0 radical (unpaired) electrons. The normalized spacial score (nSPS) is 12.4. The molecule has 0 aliphatic carbocycles. The first-order valence-corrected chi connectivity index (χ1v) is 4.17. The van der Waals surface area contributed by atoms with E-state index in [0.717, 1.165) is 5.56 Å². The summed E-state index contributed by atoms with van der Waals surface area (Å²) in [4.78, 5) is 0. The van der Waals surface area contributed by atoms with Gasteiger partial charge in [-0.25, -0.2) is 8.78 Å². The third-order valence-electron chi connectivity index (χ3n) is 2.14. The van der Waals surface area contributed by atoms with Crippen LogP contribution in [0.25, 0.3) is 0 Å². The second kappa shape index (κ2) is 5.27. The Kier molecular flexibility index (Phi) is 5.02. The van der Waals surface area contributed by atoms with Gasteiger partial charge in [0, 0.05) is 11.6 Å². The summed E-state index contributed by atoms with van der Waals surface area (Å²) in [6.07, 6.45) is -2.42. The lowest BCUT2D eigenvalue weighted by atomic mass is 9.98. The van der Waals surface area contributed by atoms with E-state index >= 15 is 0 Å². The molecule has 0 heterocycles. The highest BCUT2D eigenvalue weighted by atomic mass is 35.5. The zero-order valence-corrected chi connectivity index (χ0v) is 8.94. The van der Waals surface area contributed by atoms with Gasteiger partial charge in [-0.3, -0.25) is 0 Å². The molecule has 2 N–H and O–H groups in total. The van der Waals surface area contributed by atoms with Crippen LogP contribution >= 0.6 is 12.4 Å². The van der Waals surface area contributed by atoms with Gasteiger partial charge >= 0.3 is 0 Å². The van der Waals surface area contributed by atoms with Crippen LogP contribution in [0.4, 0.5) is 8.78 Å². The molecule has 0 aliphatic rings. The van der Waals surface area contributed by atoms with Gasteiger partial charge in [0.1, 0.15) is 0 Å². The van der Waals surface area contributed by atoms with Crippen molar-refractivity contribution >= 4 is 12.4 Å². The topological polar surface area (TPSA) is 26.0 Å². The first-order valence-electron chi connectivity index (χ1n) is 4.17. The summed E-state index contributed by atoms with van der Waals surface area (Å²) in [7, 11) is 0. The smallest absolute Gasteiger partial charge is 0.264 e. The summed E-state index contributed by atoms with van der Waals surface area (Å²) >= 11 is 0. The van der Waals surface area contributed by atoms with Gasteiger partial charge in [-0.15, -0.1) is 12.4 Å². The molecule has 1 aromatic rings. The van der Waals surface area contributed by atoms with Crippen LogP contribution in [0.3, 0.4) is 0 Å². The van der Waals surface area contributed by atoms with Crippen LogP contribution < -0.4 is 5.73 Å². The summed E-state index contributed by atoms with van der Waals surface area (Å²) in [6, 6.07) is 4.64. The van der Waals surface area contributed by atoms with E-state index in [4.69, 9.17) is 5.73 Å². The fourth-order valence-corrected chi connectivity index (χ4v) is 1.40. The molecule has 1 rings (SSSR count). The monoisotopic (exact) mass is 221 g/mol. The maximum Gasteiger partial charge on any atom is 0.264 e. The summed E-state index contributed by atoms with van der Waals surface area (Å²) < 4.78 is 24.9. The average Bonchev–Trinajstić information content (AvgIpc) is 2.03. The van der Waals surface area contributed by atoms with Crippen molar-refractivity contribution in [1.82, 2.24) is 0 Å². The highest BCUT2D eigenvalue weighted by Crippen LogP contribution is 2.26. The van der Waals surface area contributed by atoms with Crippen molar-refractivity contribution in [2.75, 3.05) is 0 Å². The molecule has 0 amide bonds. The molecule has 1 atom stereocenters. The quantitative estimate of drug-likeness (QED) is 0.814. The lowest BCUT2D eigenvalue weighted by molar-refractivity contribution is 0.150. The van der Waals surface area contributed by atoms with E-state index in [0.29, 0.717) is 5.56 Å². The SMILES string of the molecule is Cc1c(C(F)F)cccc1[C@@H](C)N.Cl. The minimum atomic E-state index is -2.42. The van der Waals surface area contributed by atoms with Gasteiger partial charge in [-0.1, -0.05) is 18.2 Å². The Labute approximate surface area is 88.7 Å². The second-order valence-electron chi connectivity index (χ2n) is 3.15. The van der Waals surface area contributed by atoms with Crippen molar-refractivity contribution in [3.63, 3.8) is 0 Å². The zero-order valence-electron chi connectivity index (χ0n) is 8.13. The fraction of sp³-hybridized carbons (Fsp3) is 0.400. The van der Waals surface area contributed by atoms with Crippen LogP contribution in [0.15, 0.2) is 18.2 Å². The van der Waals surface area contributed by atoms with Crippen LogP contribution in [0.2, 0.25) is 0 Å². The van der Waals surface area contributed by atoms with Crippen LogP contribution in [0.5, 0.6) is 0 Å². The molecule has 0 aromatic heterocycles. The molecule has 0 saturated heterocycles. The third-order valence-corrected chi connectivity index (χ3v) is 2.14. The Morgan fingerprint density at radius 3 is 2.14 bits per heavy atom. The standard InChI is InChI=1S/C10H13F2N.ClH/c1-6-8(7(2)13)4-3-5-9(6)10(11)12;/h3-5,7,10H,13H2,1-2H3;1H/t7-;/m1./s1. The highest BCUT2D eigenvalue weighted by Gasteiger charge is 2.13. The van der Waals surface area contributed by atoms with Gasteiger partial charge < -0.3 is 5.73 Å². The van der Waals surface area contributed by atoms with Crippen LogP contribution in [-0.2, 0) is 0 Å². The molecule has 0 unspecified atom stereocenters. The van der Waals surface area contributed by atoms with Gasteiger partial charge in [0.05, 0.1) is 0 Å². The van der Waals surface area contributed by atoms with Gasteiger partial charge in [0.15, 0.2) is 0 Å². The van der Waals surface area contributed by atoms with Crippen LogP contribution in [0, 0.1) is 6.92 Å². The van der Waals surface area contributed by atoms with Gasteiger partial charge in [0.2, 0.25) is 0 Å². The number of nitrogens with two attached hydrogens (primary N) is 1. The molecule has 14 heavy (non-hydrogen) atoms. The van der Waals surface area contributed by atoms with Crippen molar-refractivity contribution in [2.24, 2.45) is 5.73 Å². The molecular weight excluding hydrogens is 208 g/mol. The Morgan fingerprint density at radius 2 is 1.71 bits per heavy atom. The van der Waals surface area contributed by atoms with E-state index in [1.54, 1.807) is 26.0 Å². The molecule has 0 saturated carbocycles. The van der Waals surface area contributed by atoms with Crippen molar-refractivity contribution in [2.45, 2.75) is 26.3 Å². The molecule has 0 aliphatic heterocycles. The third kappa shape index (κ3) is 2.66. The number of benzene rings is 1.